The van der Waals surface area contributed by atoms with Gasteiger partial charge in [-0.25, -0.2) is 4.98 Å². The zero-order valence-corrected chi connectivity index (χ0v) is 13.0. The Morgan fingerprint density at radius 2 is 2.00 bits per heavy atom. The van der Waals surface area contributed by atoms with E-state index in [1.165, 1.54) is 6.33 Å². The van der Waals surface area contributed by atoms with E-state index in [1.807, 2.05) is 13.8 Å². The van der Waals surface area contributed by atoms with Crippen LogP contribution in [-0.2, 0) is 0 Å². The molecule has 0 aliphatic carbocycles. The summed E-state index contributed by atoms with van der Waals surface area (Å²) in [6.07, 6.45) is 2.56. The molecule has 3 N–H and O–H groups in total. The largest absolute Gasteiger partial charge is 0.473 e. The number of hydrogen-bond acceptors (Lipinski definition) is 6. The van der Waals surface area contributed by atoms with Crippen LogP contribution in [0.4, 0.5) is 11.5 Å². The Labute approximate surface area is 121 Å². The third-order valence-corrected chi connectivity index (χ3v) is 3.03. The van der Waals surface area contributed by atoms with Gasteiger partial charge in [-0.15, -0.1) is 0 Å². The van der Waals surface area contributed by atoms with Gasteiger partial charge in [-0.3, -0.25) is 0 Å². The van der Waals surface area contributed by atoms with E-state index >= 15 is 0 Å². The second-order valence-corrected chi connectivity index (χ2v) is 4.91. The standard InChI is InChI=1S/C14H27N5O/c1-5-19(6-2)9-7-8-16-13-12(15)14(18-10-17-13)20-11(3)4/h10-11H,5-9,15H2,1-4H3,(H,16,17,18). The molecule has 0 amide bonds. The molecular weight excluding hydrogens is 254 g/mol. The van der Waals surface area contributed by atoms with Crippen molar-refractivity contribution in [2.24, 2.45) is 0 Å². The van der Waals surface area contributed by atoms with E-state index in [-0.39, 0.29) is 6.10 Å². The molecule has 6 heteroatoms. The Bertz CT molecular complexity index is 393. The lowest BCUT2D eigenvalue weighted by Crippen LogP contribution is -2.25. The molecule has 0 fully saturated rings. The fourth-order valence-electron chi connectivity index (χ4n) is 1.89. The van der Waals surface area contributed by atoms with Crippen LogP contribution in [0.15, 0.2) is 6.33 Å². The average molecular weight is 281 g/mol. The van der Waals surface area contributed by atoms with Gasteiger partial charge < -0.3 is 20.7 Å². The molecular formula is C14H27N5O. The monoisotopic (exact) mass is 281 g/mol. The lowest BCUT2D eigenvalue weighted by atomic mass is 10.3. The van der Waals surface area contributed by atoms with Crippen LogP contribution in [0.5, 0.6) is 5.88 Å². The Kier molecular flexibility index (Phi) is 7.08. The molecule has 0 radical (unpaired) electrons. The second-order valence-electron chi connectivity index (χ2n) is 4.91. The first-order valence-corrected chi connectivity index (χ1v) is 7.31. The number of nitrogen functional groups attached to an aromatic ring is 1. The second kappa shape index (κ2) is 8.58. The summed E-state index contributed by atoms with van der Waals surface area (Å²) >= 11 is 0. The maximum atomic E-state index is 6.00. The van der Waals surface area contributed by atoms with Gasteiger partial charge in [0.05, 0.1) is 6.10 Å². The smallest absolute Gasteiger partial charge is 0.242 e. The van der Waals surface area contributed by atoms with Crippen molar-refractivity contribution in [2.75, 3.05) is 37.2 Å². The molecule has 114 valence electrons. The summed E-state index contributed by atoms with van der Waals surface area (Å²) < 4.78 is 5.54. The molecule has 0 saturated heterocycles. The molecule has 1 aromatic rings. The van der Waals surface area contributed by atoms with Gasteiger partial charge in [0.2, 0.25) is 5.88 Å². The molecule has 20 heavy (non-hydrogen) atoms. The summed E-state index contributed by atoms with van der Waals surface area (Å²) in [5, 5.41) is 3.25. The first-order chi connectivity index (χ1) is 9.58. The number of rotatable bonds is 9. The van der Waals surface area contributed by atoms with Crippen molar-refractivity contribution in [1.29, 1.82) is 0 Å². The molecule has 0 aliphatic heterocycles. The van der Waals surface area contributed by atoms with Crippen molar-refractivity contribution >= 4 is 11.5 Å². The summed E-state index contributed by atoms with van der Waals surface area (Å²) in [6.45, 7) is 12.3. The summed E-state index contributed by atoms with van der Waals surface area (Å²) in [6, 6.07) is 0. The number of nitrogens with zero attached hydrogens (tertiary/aromatic N) is 3. The van der Waals surface area contributed by atoms with Gasteiger partial charge in [0.15, 0.2) is 5.82 Å². The maximum absolute atomic E-state index is 6.00. The molecule has 1 rings (SSSR count). The fourth-order valence-corrected chi connectivity index (χ4v) is 1.89. The van der Waals surface area contributed by atoms with Gasteiger partial charge in [-0.1, -0.05) is 13.8 Å². The van der Waals surface area contributed by atoms with E-state index in [0.29, 0.717) is 17.4 Å². The molecule has 0 saturated carbocycles. The highest BCUT2D eigenvalue weighted by Gasteiger charge is 2.10. The van der Waals surface area contributed by atoms with E-state index in [0.717, 1.165) is 32.6 Å². The van der Waals surface area contributed by atoms with Crippen molar-refractivity contribution < 1.29 is 4.74 Å². The lowest BCUT2D eigenvalue weighted by Gasteiger charge is -2.18. The minimum absolute atomic E-state index is 0.0442. The minimum Gasteiger partial charge on any atom is -0.473 e. The van der Waals surface area contributed by atoms with Crippen molar-refractivity contribution in [1.82, 2.24) is 14.9 Å². The summed E-state index contributed by atoms with van der Waals surface area (Å²) in [7, 11) is 0. The van der Waals surface area contributed by atoms with E-state index < -0.39 is 0 Å². The molecule has 0 spiro atoms. The highest BCUT2D eigenvalue weighted by Crippen LogP contribution is 2.25. The van der Waals surface area contributed by atoms with Gasteiger partial charge in [0.25, 0.3) is 0 Å². The van der Waals surface area contributed by atoms with Crippen LogP contribution in [0.2, 0.25) is 0 Å². The Morgan fingerprint density at radius 3 is 2.60 bits per heavy atom. The van der Waals surface area contributed by atoms with Crippen molar-refractivity contribution in [2.45, 2.75) is 40.2 Å². The summed E-state index contributed by atoms with van der Waals surface area (Å²) in [5.74, 6) is 1.09. The maximum Gasteiger partial charge on any atom is 0.242 e. The predicted molar refractivity (Wildman–Crippen MR) is 83.1 cm³/mol. The normalized spacial score (nSPS) is 11.1. The van der Waals surface area contributed by atoms with Crippen LogP contribution in [0, 0.1) is 0 Å². The predicted octanol–water partition coefficient (Wildman–Crippen LogP) is 1.99. The fraction of sp³-hybridized carbons (Fsp3) is 0.714. The zero-order valence-electron chi connectivity index (χ0n) is 13.0. The number of anilines is 2. The number of hydrogen-bond donors (Lipinski definition) is 2. The first kappa shape index (κ1) is 16.5. The van der Waals surface area contributed by atoms with Crippen LogP contribution in [0.1, 0.15) is 34.1 Å². The van der Waals surface area contributed by atoms with Crippen molar-refractivity contribution in [3.05, 3.63) is 6.33 Å². The molecule has 1 aromatic heterocycles. The van der Waals surface area contributed by atoms with E-state index in [1.54, 1.807) is 0 Å². The van der Waals surface area contributed by atoms with Gasteiger partial charge in [0, 0.05) is 6.54 Å². The Hall–Kier alpha value is -1.56. The van der Waals surface area contributed by atoms with Crippen LogP contribution < -0.4 is 15.8 Å². The van der Waals surface area contributed by atoms with Gasteiger partial charge in [-0.2, -0.15) is 4.98 Å². The topological polar surface area (TPSA) is 76.3 Å². The Morgan fingerprint density at radius 1 is 1.30 bits per heavy atom. The van der Waals surface area contributed by atoms with Gasteiger partial charge >= 0.3 is 0 Å². The van der Waals surface area contributed by atoms with E-state index in [9.17, 15) is 0 Å². The molecule has 0 aliphatic rings. The highest BCUT2D eigenvalue weighted by molar-refractivity contribution is 5.66. The van der Waals surface area contributed by atoms with E-state index in [2.05, 4.69) is 34.0 Å². The Balaban J connectivity index is 2.48. The molecule has 6 nitrogen and oxygen atoms in total. The van der Waals surface area contributed by atoms with Crippen LogP contribution >= 0.6 is 0 Å². The molecule has 0 atom stereocenters. The third kappa shape index (κ3) is 5.21. The van der Waals surface area contributed by atoms with Crippen LogP contribution in [0.3, 0.4) is 0 Å². The van der Waals surface area contributed by atoms with Gasteiger partial charge in [-0.05, 0) is 39.9 Å². The molecule has 0 bridgehead atoms. The molecule has 1 heterocycles. The van der Waals surface area contributed by atoms with Crippen molar-refractivity contribution in [3.8, 4) is 5.88 Å². The number of nitrogens with two attached hydrogens (primary N) is 1. The van der Waals surface area contributed by atoms with Crippen molar-refractivity contribution in [3.63, 3.8) is 0 Å². The highest BCUT2D eigenvalue weighted by atomic mass is 16.5. The zero-order chi connectivity index (χ0) is 15.0. The molecule has 0 aromatic carbocycles. The first-order valence-electron chi connectivity index (χ1n) is 7.31. The quantitative estimate of drug-likeness (QED) is 0.674. The SMILES string of the molecule is CCN(CC)CCCNc1ncnc(OC(C)C)c1N. The lowest BCUT2D eigenvalue weighted by molar-refractivity contribution is 0.234. The number of aromatic nitrogens is 2. The van der Waals surface area contributed by atoms with Crippen LogP contribution in [0.25, 0.3) is 0 Å². The molecule has 0 unspecified atom stereocenters. The summed E-state index contributed by atoms with van der Waals surface area (Å²) in [4.78, 5) is 10.6. The summed E-state index contributed by atoms with van der Waals surface area (Å²) in [5.41, 5.74) is 6.48. The number of nitrogens with one attached hydrogen (secondary N) is 1. The van der Waals surface area contributed by atoms with E-state index in [4.69, 9.17) is 10.5 Å². The van der Waals surface area contributed by atoms with Crippen LogP contribution in [-0.4, -0.2) is 47.2 Å². The minimum atomic E-state index is 0.0442. The average Bonchev–Trinajstić information content (AvgIpc) is 2.42. The third-order valence-electron chi connectivity index (χ3n) is 3.03. The number of ether oxygens (including phenoxy) is 1. The van der Waals surface area contributed by atoms with Gasteiger partial charge in [0.1, 0.15) is 12.0 Å².